The van der Waals surface area contributed by atoms with Gasteiger partial charge >= 0.3 is 0 Å². The number of amides is 1. The largest absolute Gasteiger partial charge is 0.497 e. The first-order valence-electron chi connectivity index (χ1n) is 7.63. The molecular formula is C17H19FN2O5S. The smallest absolute Gasteiger partial charge is 0.258 e. The number of ether oxygens (including phenoxy) is 2. The predicted molar refractivity (Wildman–Crippen MR) is 97.0 cm³/mol. The summed E-state index contributed by atoms with van der Waals surface area (Å²) in [5, 5.41) is 2.54. The van der Waals surface area contributed by atoms with E-state index < -0.39 is 21.7 Å². The van der Waals surface area contributed by atoms with Gasteiger partial charge in [0.2, 0.25) is 10.0 Å². The van der Waals surface area contributed by atoms with Crippen LogP contribution in [0.2, 0.25) is 0 Å². The Morgan fingerprint density at radius 2 is 1.85 bits per heavy atom. The molecule has 0 saturated carbocycles. The Bertz CT molecular complexity index is 915. The number of anilines is 2. The summed E-state index contributed by atoms with van der Waals surface area (Å²) in [4.78, 5) is 12.2. The number of carbonyl (C=O) groups excluding carboxylic acids is 1. The van der Waals surface area contributed by atoms with Crippen molar-refractivity contribution in [2.75, 3.05) is 30.0 Å². The van der Waals surface area contributed by atoms with E-state index in [9.17, 15) is 17.6 Å². The molecule has 0 unspecified atom stereocenters. The maximum atomic E-state index is 14.0. The van der Waals surface area contributed by atoms with Gasteiger partial charge in [0.15, 0.2) is 0 Å². The van der Waals surface area contributed by atoms with Crippen molar-refractivity contribution in [2.24, 2.45) is 0 Å². The molecule has 2 aromatic carbocycles. The number of hydrogen-bond donors (Lipinski definition) is 2. The number of nitrogens with one attached hydrogen (secondary N) is 2. The molecule has 0 aromatic heterocycles. The Balaban J connectivity index is 2.23. The molecule has 1 amide bonds. The third-order valence-corrected chi connectivity index (χ3v) is 4.82. The number of halogens is 1. The summed E-state index contributed by atoms with van der Waals surface area (Å²) in [6.45, 7) is 1.51. The summed E-state index contributed by atoms with van der Waals surface area (Å²) in [5.74, 6) is -0.954. The Kier molecular flexibility index (Phi) is 6.04. The molecule has 0 heterocycles. The second-order valence-electron chi connectivity index (χ2n) is 5.22. The molecule has 0 radical (unpaired) electrons. The minimum atomic E-state index is -3.48. The zero-order chi connectivity index (χ0) is 19.3. The lowest BCUT2D eigenvalue weighted by atomic mass is 10.1. The molecule has 2 aromatic rings. The molecule has 0 bridgehead atoms. The molecule has 0 spiro atoms. The summed E-state index contributed by atoms with van der Waals surface area (Å²) < 4.78 is 49.8. The summed E-state index contributed by atoms with van der Waals surface area (Å²) in [6.07, 6.45) is 0. The van der Waals surface area contributed by atoms with Crippen LogP contribution in [0, 0.1) is 5.82 Å². The Labute approximate surface area is 151 Å². The molecule has 0 aliphatic heterocycles. The van der Waals surface area contributed by atoms with Gasteiger partial charge in [0.25, 0.3) is 5.91 Å². The fourth-order valence-corrected chi connectivity index (χ4v) is 2.75. The van der Waals surface area contributed by atoms with Crippen LogP contribution in [0.3, 0.4) is 0 Å². The molecule has 26 heavy (non-hydrogen) atoms. The van der Waals surface area contributed by atoms with Crippen LogP contribution in [0.5, 0.6) is 11.5 Å². The van der Waals surface area contributed by atoms with Gasteiger partial charge in [-0.15, -0.1) is 0 Å². The van der Waals surface area contributed by atoms with E-state index in [4.69, 9.17) is 9.47 Å². The first-order valence-corrected chi connectivity index (χ1v) is 9.28. The summed E-state index contributed by atoms with van der Waals surface area (Å²) in [5.41, 5.74) is 0.407. The van der Waals surface area contributed by atoms with Crippen molar-refractivity contribution >= 4 is 27.3 Å². The van der Waals surface area contributed by atoms with E-state index in [0.29, 0.717) is 11.4 Å². The number of rotatable bonds is 7. The third-order valence-electron chi connectivity index (χ3n) is 3.53. The molecular weight excluding hydrogens is 363 g/mol. The van der Waals surface area contributed by atoms with Crippen LogP contribution in [0.1, 0.15) is 17.3 Å². The lowest BCUT2D eigenvalue weighted by Gasteiger charge is -2.13. The van der Waals surface area contributed by atoms with Crippen LogP contribution >= 0.6 is 0 Å². The SMILES string of the molecule is CCS(=O)(=O)Nc1ccc(NC(=O)c2ccc(OC)cc2F)cc1OC. The Hall–Kier alpha value is -2.81. The highest BCUT2D eigenvalue weighted by Gasteiger charge is 2.15. The average molecular weight is 382 g/mol. The van der Waals surface area contributed by atoms with E-state index in [0.717, 1.165) is 6.07 Å². The minimum absolute atomic E-state index is 0.0919. The normalized spacial score (nSPS) is 10.9. The molecule has 7 nitrogen and oxygen atoms in total. The van der Waals surface area contributed by atoms with Gasteiger partial charge in [-0.2, -0.15) is 0 Å². The number of sulfonamides is 1. The van der Waals surface area contributed by atoms with Crippen LogP contribution < -0.4 is 19.5 Å². The van der Waals surface area contributed by atoms with Crippen LogP contribution in [0.15, 0.2) is 36.4 Å². The van der Waals surface area contributed by atoms with E-state index in [1.165, 1.54) is 51.5 Å². The average Bonchev–Trinajstić information content (AvgIpc) is 2.62. The molecule has 0 atom stereocenters. The number of benzene rings is 2. The van der Waals surface area contributed by atoms with Gasteiger partial charge in [-0.25, -0.2) is 12.8 Å². The highest BCUT2D eigenvalue weighted by atomic mass is 32.2. The van der Waals surface area contributed by atoms with Crippen LogP contribution in [-0.2, 0) is 10.0 Å². The number of hydrogen-bond acceptors (Lipinski definition) is 5. The molecule has 2 rings (SSSR count). The third kappa shape index (κ3) is 4.63. The zero-order valence-corrected chi connectivity index (χ0v) is 15.3. The van der Waals surface area contributed by atoms with E-state index in [1.54, 1.807) is 0 Å². The van der Waals surface area contributed by atoms with Crippen molar-refractivity contribution in [1.82, 2.24) is 0 Å². The Morgan fingerprint density at radius 3 is 2.42 bits per heavy atom. The van der Waals surface area contributed by atoms with Crippen molar-refractivity contribution in [3.8, 4) is 11.5 Å². The fraction of sp³-hybridized carbons (Fsp3) is 0.235. The highest BCUT2D eigenvalue weighted by molar-refractivity contribution is 7.92. The van der Waals surface area contributed by atoms with Crippen LogP contribution in [-0.4, -0.2) is 34.3 Å². The topological polar surface area (TPSA) is 93.7 Å². The van der Waals surface area contributed by atoms with Crippen molar-refractivity contribution in [2.45, 2.75) is 6.92 Å². The monoisotopic (exact) mass is 382 g/mol. The maximum absolute atomic E-state index is 14.0. The van der Waals surface area contributed by atoms with Crippen LogP contribution in [0.4, 0.5) is 15.8 Å². The molecule has 0 aliphatic carbocycles. The molecule has 140 valence electrons. The number of carbonyl (C=O) groups is 1. The van der Waals surface area contributed by atoms with Gasteiger partial charge in [-0.05, 0) is 31.2 Å². The predicted octanol–water partition coefficient (Wildman–Crippen LogP) is 2.86. The quantitative estimate of drug-likeness (QED) is 0.768. The van der Waals surface area contributed by atoms with Gasteiger partial charge in [0, 0.05) is 17.8 Å². The first kappa shape index (κ1) is 19.5. The van der Waals surface area contributed by atoms with Gasteiger partial charge < -0.3 is 14.8 Å². The molecule has 2 N–H and O–H groups in total. The molecule has 0 saturated heterocycles. The second kappa shape index (κ2) is 8.05. The lowest BCUT2D eigenvalue weighted by molar-refractivity contribution is 0.102. The van der Waals surface area contributed by atoms with E-state index in [1.807, 2.05) is 0 Å². The van der Waals surface area contributed by atoms with Gasteiger partial charge in [0.05, 0.1) is 31.2 Å². The summed E-state index contributed by atoms with van der Waals surface area (Å²) in [6, 6.07) is 8.26. The molecule has 0 aliphatic rings. The Morgan fingerprint density at radius 1 is 1.12 bits per heavy atom. The van der Waals surface area contributed by atoms with Crippen molar-refractivity contribution in [3.05, 3.63) is 47.8 Å². The standard InChI is InChI=1S/C17H19FN2O5S/c1-4-26(22,23)20-15-8-5-11(9-16(15)25-3)19-17(21)13-7-6-12(24-2)10-14(13)18/h5-10,20H,4H2,1-3H3,(H,19,21). The van der Waals surface area contributed by atoms with Gasteiger partial charge in [-0.1, -0.05) is 0 Å². The fourth-order valence-electron chi connectivity index (χ4n) is 2.10. The zero-order valence-electron chi connectivity index (χ0n) is 14.5. The summed E-state index contributed by atoms with van der Waals surface area (Å²) in [7, 11) is -0.708. The van der Waals surface area contributed by atoms with Crippen LogP contribution in [0.25, 0.3) is 0 Å². The van der Waals surface area contributed by atoms with E-state index in [-0.39, 0.29) is 22.8 Å². The molecule has 9 heteroatoms. The summed E-state index contributed by atoms with van der Waals surface area (Å²) >= 11 is 0. The maximum Gasteiger partial charge on any atom is 0.258 e. The van der Waals surface area contributed by atoms with Gasteiger partial charge in [-0.3, -0.25) is 9.52 Å². The minimum Gasteiger partial charge on any atom is -0.497 e. The number of methoxy groups -OCH3 is 2. The molecule has 0 fully saturated rings. The van der Waals surface area contributed by atoms with E-state index >= 15 is 0 Å². The first-order chi connectivity index (χ1) is 12.3. The van der Waals surface area contributed by atoms with Crippen molar-refractivity contribution in [1.29, 1.82) is 0 Å². The van der Waals surface area contributed by atoms with Gasteiger partial charge in [0.1, 0.15) is 17.3 Å². The highest BCUT2D eigenvalue weighted by Crippen LogP contribution is 2.29. The lowest BCUT2D eigenvalue weighted by Crippen LogP contribution is -2.16. The van der Waals surface area contributed by atoms with Crippen molar-refractivity contribution < 1.29 is 27.1 Å². The van der Waals surface area contributed by atoms with Crippen molar-refractivity contribution in [3.63, 3.8) is 0 Å². The van der Waals surface area contributed by atoms with E-state index in [2.05, 4.69) is 10.0 Å². The second-order valence-corrected chi connectivity index (χ2v) is 7.23.